The molecule has 0 spiro atoms. The van der Waals surface area contributed by atoms with Crippen molar-refractivity contribution in [2.75, 3.05) is 20.2 Å². The Hall–Kier alpha value is -2.04. The van der Waals surface area contributed by atoms with Crippen LogP contribution in [-0.4, -0.2) is 32.0 Å². The zero-order valence-electron chi connectivity index (χ0n) is 11.4. The standard InChI is InChI=1S/C14H20N2O3/c1-3-15-14(18)10-16-13(17)9-8-11-6-4-5-7-12(11)19-2/h4-7H,3,8-10H2,1-2H3,(H,15,18)(H,16,17). The molecule has 1 rings (SSSR count). The predicted octanol–water partition coefficient (Wildman–Crippen LogP) is 0.880. The lowest BCUT2D eigenvalue weighted by Crippen LogP contribution is -2.36. The van der Waals surface area contributed by atoms with E-state index in [0.717, 1.165) is 11.3 Å². The van der Waals surface area contributed by atoms with Crippen LogP contribution in [0.3, 0.4) is 0 Å². The monoisotopic (exact) mass is 264 g/mol. The summed E-state index contributed by atoms with van der Waals surface area (Å²) in [6.45, 7) is 2.43. The minimum Gasteiger partial charge on any atom is -0.496 e. The Morgan fingerprint density at radius 2 is 1.89 bits per heavy atom. The van der Waals surface area contributed by atoms with E-state index in [9.17, 15) is 9.59 Å². The van der Waals surface area contributed by atoms with Gasteiger partial charge in [0.05, 0.1) is 13.7 Å². The van der Waals surface area contributed by atoms with Crippen molar-refractivity contribution in [1.82, 2.24) is 10.6 Å². The van der Waals surface area contributed by atoms with E-state index in [1.807, 2.05) is 31.2 Å². The van der Waals surface area contributed by atoms with E-state index in [0.29, 0.717) is 19.4 Å². The second-order valence-corrected chi connectivity index (χ2v) is 4.04. The van der Waals surface area contributed by atoms with Crippen molar-refractivity contribution in [2.45, 2.75) is 19.8 Å². The number of hydrogen-bond donors (Lipinski definition) is 2. The van der Waals surface area contributed by atoms with Gasteiger partial charge in [0.2, 0.25) is 11.8 Å². The van der Waals surface area contributed by atoms with Crippen LogP contribution in [0.15, 0.2) is 24.3 Å². The summed E-state index contributed by atoms with van der Waals surface area (Å²) in [6.07, 6.45) is 0.922. The first-order valence-corrected chi connectivity index (χ1v) is 6.32. The summed E-state index contributed by atoms with van der Waals surface area (Å²) < 4.78 is 5.21. The molecule has 0 heterocycles. The molecule has 5 nitrogen and oxygen atoms in total. The molecule has 0 aliphatic rings. The Labute approximate surface area is 113 Å². The van der Waals surface area contributed by atoms with Crippen LogP contribution in [0.4, 0.5) is 0 Å². The molecule has 19 heavy (non-hydrogen) atoms. The van der Waals surface area contributed by atoms with E-state index in [4.69, 9.17) is 4.74 Å². The van der Waals surface area contributed by atoms with Gasteiger partial charge in [-0.15, -0.1) is 0 Å². The second-order valence-electron chi connectivity index (χ2n) is 4.04. The fraction of sp³-hybridized carbons (Fsp3) is 0.429. The van der Waals surface area contributed by atoms with Gasteiger partial charge in [0.15, 0.2) is 0 Å². The highest BCUT2D eigenvalue weighted by atomic mass is 16.5. The Kier molecular flexibility index (Phi) is 6.43. The number of methoxy groups -OCH3 is 1. The van der Waals surface area contributed by atoms with Gasteiger partial charge in [-0.1, -0.05) is 18.2 Å². The number of nitrogens with one attached hydrogen (secondary N) is 2. The number of carbonyl (C=O) groups is 2. The zero-order valence-corrected chi connectivity index (χ0v) is 11.4. The van der Waals surface area contributed by atoms with Gasteiger partial charge < -0.3 is 15.4 Å². The summed E-state index contributed by atoms with van der Waals surface area (Å²) in [4.78, 5) is 22.8. The minimum absolute atomic E-state index is 0.0264. The molecule has 1 aromatic carbocycles. The molecule has 0 saturated heterocycles. The summed E-state index contributed by atoms with van der Waals surface area (Å²) in [5.74, 6) is 0.462. The number of para-hydroxylation sites is 1. The third-order valence-electron chi connectivity index (χ3n) is 2.63. The molecule has 2 N–H and O–H groups in total. The van der Waals surface area contributed by atoms with Crippen LogP contribution in [0.5, 0.6) is 5.75 Å². The number of rotatable bonds is 7. The largest absolute Gasteiger partial charge is 0.496 e. The molecule has 0 bridgehead atoms. The fourth-order valence-electron chi connectivity index (χ4n) is 1.68. The van der Waals surface area contributed by atoms with E-state index < -0.39 is 0 Å². The summed E-state index contributed by atoms with van der Waals surface area (Å²) in [5.41, 5.74) is 0.984. The highest BCUT2D eigenvalue weighted by molar-refractivity contribution is 5.84. The van der Waals surface area contributed by atoms with Crippen LogP contribution in [0.1, 0.15) is 18.9 Å². The molecular formula is C14H20N2O3. The number of aryl methyl sites for hydroxylation is 1. The second kappa shape index (κ2) is 8.13. The van der Waals surface area contributed by atoms with Crippen LogP contribution in [0, 0.1) is 0 Å². The molecule has 0 unspecified atom stereocenters. The highest BCUT2D eigenvalue weighted by Gasteiger charge is 2.07. The van der Waals surface area contributed by atoms with Gasteiger partial charge in [-0.05, 0) is 25.0 Å². The summed E-state index contributed by atoms with van der Waals surface area (Å²) in [5, 5.41) is 5.20. The van der Waals surface area contributed by atoms with Gasteiger partial charge in [0, 0.05) is 13.0 Å². The van der Waals surface area contributed by atoms with Gasteiger partial charge in [-0.25, -0.2) is 0 Å². The van der Waals surface area contributed by atoms with E-state index in [1.54, 1.807) is 7.11 Å². The Bertz CT molecular complexity index is 432. The lowest BCUT2D eigenvalue weighted by Gasteiger charge is -2.08. The van der Waals surface area contributed by atoms with E-state index in [2.05, 4.69) is 10.6 Å². The zero-order chi connectivity index (χ0) is 14.1. The minimum atomic E-state index is -0.173. The Morgan fingerprint density at radius 1 is 1.16 bits per heavy atom. The quantitative estimate of drug-likeness (QED) is 0.768. The van der Waals surface area contributed by atoms with E-state index in [1.165, 1.54) is 0 Å². The smallest absolute Gasteiger partial charge is 0.239 e. The molecular weight excluding hydrogens is 244 g/mol. The number of likely N-dealkylation sites (N-methyl/N-ethyl adjacent to an activating group) is 1. The van der Waals surface area contributed by atoms with Gasteiger partial charge in [0.1, 0.15) is 5.75 Å². The van der Waals surface area contributed by atoms with Crippen molar-refractivity contribution in [3.63, 3.8) is 0 Å². The van der Waals surface area contributed by atoms with Crippen molar-refractivity contribution in [3.05, 3.63) is 29.8 Å². The molecule has 104 valence electrons. The first-order valence-electron chi connectivity index (χ1n) is 6.32. The lowest BCUT2D eigenvalue weighted by atomic mass is 10.1. The van der Waals surface area contributed by atoms with Gasteiger partial charge in [-0.2, -0.15) is 0 Å². The summed E-state index contributed by atoms with van der Waals surface area (Å²) >= 11 is 0. The molecule has 0 saturated carbocycles. The van der Waals surface area contributed by atoms with Crippen LogP contribution in [0.25, 0.3) is 0 Å². The number of ether oxygens (including phenoxy) is 1. The molecule has 0 aliphatic carbocycles. The average Bonchev–Trinajstić information content (AvgIpc) is 2.43. The molecule has 0 aromatic heterocycles. The van der Waals surface area contributed by atoms with Crippen molar-refractivity contribution in [1.29, 1.82) is 0 Å². The third-order valence-corrected chi connectivity index (χ3v) is 2.63. The van der Waals surface area contributed by atoms with E-state index in [-0.39, 0.29) is 18.4 Å². The molecule has 2 amide bonds. The first-order chi connectivity index (χ1) is 9.17. The van der Waals surface area contributed by atoms with Crippen LogP contribution >= 0.6 is 0 Å². The van der Waals surface area contributed by atoms with E-state index >= 15 is 0 Å². The summed E-state index contributed by atoms with van der Waals surface area (Å²) in [6, 6.07) is 7.58. The molecule has 0 fully saturated rings. The Balaban J connectivity index is 2.35. The summed E-state index contributed by atoms with van der Waals surface area (Å²) in [7, 11) is 1.61. The normalized spacial score (nSPS) is 9.79. The topological polar surface area (TPSA) is 67.4 Å². The van der Waals surface area contributed by atoms with Gasteiger partial charge >= 0.3 is 0 Å². The fourth-order valence-corrected chi connectivity index (χ4v) is 1.68. The van der Waals surface area contributed by atoms with Crippen molar-refractivity contribution in [3.8, 4) is 5.75 Å². The third kappa shape index (κ3) is 5.42. The SMILES string of the molecule is CCNC(=O)CNC(=O)CCc1ccccc1OC. The number of hydrogen-bond acceptors (Lipinski definition) is 3. The molecule has 0 aliphatic heterocycles. The number of benzene rings is 1. The maximum absolute atomic E-state index is 11.6. The molecule has 0 atom stereocenters. The van der Waals surface area contributed by atoms with Crippen molar-refractivity contribution < 1.29 is 14.3 Å². The number of carbonyl (C=O) groups excluding carboxylic acids is 2. The lowest BCUT2D eigenvalue weighted by molar-refractivity contribution is -0.126. The molecule has 5 heteroatoms. The first kappa shape index (κ1) is 15.0. The predicted molar refractivity (Wildman–Crippen MR) is 73.0 cm³/mol. The van der Waals surface area contributed by atoms with Gasteiger partial charge in [-0.3, -0.25) is 9.59 Å². The van der Waals surface area contributed by atoms with Crippen LogP contribution in [0.2, 0.25) is 0 Å². The molecule has 0 radical (unpaired) electrons. The van der Waals surface area contributed by atoms with Crippen LogP contribution in [-0.2, 0) is 16.0 Å². The molecule has 1 aromatic rings. The van der Waals surface area contributed by atoms with Crippen molar-refractivity contribution >= 4 is 11.8 Å². The number of amides is 2. The highest BCUT2D eigenvalue weighted by Crippen LogP contribution is 2.18. The van der Waals surface area contributed by atoms with Crippen LogP contribution < -0.4 is 15.4 Å². The van der Waals surface area contributed by atoms with Crippen molar-refractivity contribution in [2.24, 2.45) is 0 Å². The average molecular weight is 264 g/mol. The van der Waals surface area contributed by atoms with Gasteiger partial charge in [0.25, 0.3) is 0 Å². The maximum Gasteiger partial charge on any atom is 0.239 e. The Morgan fingerprint density at radius 3 is 2.58 bits per heavy atom. The maximum atomic E-state index is 11.6.